The molecule has 2 amide bonds. The summed E-state index contributed by atoms with van der Waals surface area (Å²) in [6.45, 7) is 5.43. The molecule has 5 aliphatic rings. The van der Waals surface area contributed by atoms with Crippen LogP contribution in [0.25, 0.3) is 0 Å². The molecule has 0 spiro atoms. The Morgan fingerprint density at radius 2 is 1.63 bits per heavy atom. The fraction of sp³-hybridized carbons (Fsp3) is 0.917. The molecule has 5 fully saturated rings. The van der Waals surface area contributed by atoms with Crippen LogP contribution in [0.2, 0.25) is 0 Å². The highest BCUT2D eigenvalue weighted by Gasteiger charge is 2.48. The van der Waals surface area contributed by atoms with Crippen LogP contribution in [0.3, 0.4) is 0 Å². The molecule has 6 heteroatoms. The lowest BCUT2D eigenvalue weighted by Crippen LogP contribution is -2.49. The molecule has 30 heavy (non-hydrogen) atoms. The summed E-state index contributed by atoms with van der Waals surface area (Å²) in [6.07, 6.45) is 13.4. The Balaban J connectivity index is 1.30. The minimum absolute atomic E-state index is 0.192. The molecular weight excluding hydrogens is 376 g/mol. The third-order valence-electron chi connectivity index (χ3n) is 8.10. The van der Waals surface area contributed by atoms with Crippen LogP contribution in [0.1, 0.15) is 70.6 Å². The van der Waals surface area contributed by atoms with E-state index in [-0.39, 0.29) is 23.8 Å². The summed E-state index contributed by atoms with van der Waals surface area (Å²) in [7, 11) is 0. The maximum atomic E-state index is 13.5. The Morgan fingerprint density at radius 1 is 0.833 bits per heavy atom. The van der Waals surface area contributed by atoms with Crippen molar-refractivity contribution < 1.29 is 9.59 Å². The Morgan fingerprint density at radius 3 is 2.37 bits per heavy atom. The van der Waals surface area contributed by atoms with Crippen molar-refractivity contribution in [2.45, 2.75) is 88.8 Å². The zero-order valence-electron chi connectivity index (χ0n) is 18.6. The van der Waals surface area contributed by atoms with Crippen LogP contribution in [0, 0.1) is 11.8 Å². The first-order valence-corrected chi connectivity index (χ1v) is 12.8. The van der Waals surface area contributed by atoms with Gasteiger partial charge in [0.2, 0.25) is 11.8 Å². The number of carbonyl (C=O) groups excluding carboxylic acids is 2. The van der Waals surface area contributed by atoms with Gasteiger partial charge in [-0.1, -0.05) is 19.3 Å². The number of likely N-dealkylation sites (tertiary alicyclic amines) is 1. The number of hydrogen-bond acceptors (Lipinski definition) is 4. The zero-order chi connectivity index (χ0) is 20.5. The molecule has 0 radical (unpaired) electrons. The lowest BCUT2D eigenvalue weighted by Gasteiger charge is -2.34. The van der Waals surface area contributed by atoms with Gasteiger partial charge in [0, 0.05) is 50.7 Å². The SMILES string of the molecule is O=C(C1CC(N(CC2CCCCC2)C2CC2)CN1C(=O)C1CC1)N1CCCNCC1. The minimum atomic E-state index is -0.228. The quantitative estimate of drug-likeness (QED) is 0.722. The van der Waals surface area contributed by atoms with Gasteiger partial charge in [-0.25, -0.2) is 0 Å². The standard InChI is InChI=1S/C24H40N4O2/c29-23(19-7-8-19)28-17-21(15-22(28)24(30)26-13-4-11-25-12-14-26)27(20-9-10-20)16-18-5-2-1-3-6-18/h18-22,25H,1-17H2. The molecule has 2 unspecified atom stereocenters. The van der Waals surface area contributed by atoms with Crippen LogP contribution in [0.4, 0.5) is 0 Å². The van der Waals surface area contributed by atoms with Gasteiger partial charge in [-0.3, -0.25) is 14.5 Å². The molecule has 2 atom stereocenters. The van der Waals surface area contributed by atoms with Crippen molar-refractivity contribution in [2.75, 3.05) is 39.3 Å². The van der Waals surface area contributed by atoms with E-state index in [1.54, 1.807) is 0 Å². The molecule has 1 N–H and O–H groups in total. The average molecular weight is 417 g/mol. The largest absolute Gasteiger partial charge is 0.340 e. The van der Waals surface area contributed by atoms with Crippen molar-refractivity contribution in [1.82, 2.24) is 20.0 Å². The smallest absolute Gasteiger partial charge is 0.245 e. The molecule has 0 bridgehead atoms. The molecule has 3 aliphatic carbocycles. The van der Waals surface area contributed by atoms with Crippen molar-refractivity contribution in [1.29, 1.82) is 0 Å². The number of hydrogen-bond donors (Lipinski definition) is 1. The van der Waals surface area contributed by atoms with Crippen molar-refractivity contribution in [2.24, 2.45) is 11.8 Å². The zero-order valence-corrected chi connectivity index (χ0v) is 18.6. The Kier molecular flexibility index (Phi) is 6.33. The van der Waals surface area contributed by atoms with E-state index in [4.69, 9.17) is 0 Å². The van der Waals surface area contributed by atoms with E-state index < -0.39 is 0 Å². The summed E-state index contributed by atoms with van der Waals surface area (Å²) >= 11 is 0. The lowest BCUT2D eigenvalue weighted by atomic mass is 9.88. The van der Waals surface area contributed by atoms with Crippen LogP contribution in [0.5, 0.6) is 0 Å². The summed E-state index contributed by atoms with van der Waals surface area (Å²) < 4.78 is 0. The number of rotatable bonds is 6. The lowest BCUT2D eigenvalue weighted by molar-refractivity contribution is -0.144. The summed E-state index contributed by atoms with van der Waals surface area (Å²) in [6, 6.07) is 0.848. The predicted octanol–water partition coefficient (Wildman–Crippen LogP) is 2.23. The Bertz CT molecular complexity index is 619. The third kappa shape index (κ3) is 4.69. The Labute approximate surface area is 181 Å². The highest BCUT2D eigenvalue weighted by Crippen LogP contribution is 2.39. The second kappa shape index (κ2) is 9.15. The first-order chi connectivity index (χ1) is 14.7. The second-order valence-corrected chi connectivity index (χ2v) is 10.5. The molecule has 6 nitrogen and oxygen atoms in total. The van der Waals surface area contributed by atoms with Crippen LogP contribution in [-0.4, -0.2) is 83.9 Å². The van der Waals surface area contributed by atoms with Gasteiger partial charge in [0.15, 0.2) is 0 Å². The van der Waals surface area contributed by atoms with Gasteiger partial charge in [0.1, 0.15) is 6.04 Å². The van der Waals surface area contributed by atoms with E-state index in [9.17, 15) is 9.59 Å². The van der Waals surface area contributed by atoms with Crippen molar-refractivity contribution in [3.63, 3.8) is 0 Å². The molecule has 0 aromatic rings. The highest BCUT2D eigenvalue weighted by atomic mass is 16.2. The summed E-state index contributed by atoms with van der Waals surface area (Å²) in [5, 5.41) is 3.40. The van der Waals surface area contributed by atoms with Crippen molar-refractivity contribution in [3.8, 4) is 0 Å². The van der Waals surface area contributed by atoms with E-state index in [2.05, 4.69) is 10.2 Å². The van der Waals surface area contributed by atoms with E-state index in [0.29, 0.717) is 12.1 Å². The fourth-order valence-corrected chi connectivity index (χ4v) is 6.04. The van der Waals surface area contributed by atoms with E-state index in [1.165, 1.54) is 51.5 Å². The normalized spacial score (nSPS) is 31.2. The molecule has 3 saturated carbocycles. The van der Waals surface area contributed by atoms with E-state index in [0.717, 1.165) is 64.3 Å². The molecule has 0 aromatic carbocycles. The second-order valence-electron chi connectivity index (χ2n) is 10.5. The van der Waals surface area contributed by atoms with Crippen LogP contribution < -0.4 is 5.32 Å². The third-order valence-corrected chi connectivity index (χ3v) is 8.10. The van der Waals surface area contributed by atoms with Gasteiger partial charge in [0.05, 0.1) is 0 Å². The van der Waals surface area contributed by atoms with Gasteiger partial charge in [0.25, 0.3) is 0 Å². The van der Waals surface area contributed by atoms with Crippen LogP contribution >= 0.6 is 0 Å². The molecule has 2 saturated heterocycles. The summed E-state index contributed by atoms with van der Waals surface area (Å²) in [5.41, 5.74) is 0. The molecular formula is C24H40N4O2. The molecule has 0 aromatic heterocycles. The van der Waals surface area contributed by atoms with E-state index in [1.807, 2.05) is 9.80 Å². The molecule has 2 aliphatic heterocycles. The van der Waals surface area contributed by atoms with E-state index >= 15 is 0 Å². The maximum Gasteiger partial charge on any atom is 0.245 e. The van der Waals surface area contributed by atoms with Crippen molar-refractivity contribution in [3.05, 3.63) is 0 Å². The number of amides is 2. The van der Waals surface area contributed by atoms with Gasteiger partial charge in [-0.15, -0.1) is 0 Å². The van der Waals surface area contributed by atoms with Crippen LogP contribution in [-0.2, 0) is 9.59 Å². The molecule has 5 rings (SSSR count). The van der Waals surface area contributed by atoms with Gasteiger partial charge in [-0.2, -0.15) is 0 Å². The predicted molar refractivity (Wildman–Crippen MR) is 117 cm³/mol. The summed E-state index contributed by atoms with van der Waals surface area (Å²) in [5.74, 6) is 1.48. The van der Waals surface area contributed by atoms with Gasteiger partial charge in [-0.05, 0) is 63.8 Å². The number of nitrogens with zero attached hydrogens (tertiary/aromatic N) is 3. The highest BCUT2D eigenvalue weighted by molar-refractivity contribution is 5.90. The Hall–Kier alpha value is -1.14. The molecule has 168 valence electrons. The topological polar surface area (TPSA) is 55.9 Å². The van der Waals surface area contributed by atoms with Gasteiger partial charge < -0.3 is 15.1 Å². The summed E-state index contributed by atoms with van der Waals surface area (Å²) in [4.78, 5) is 33.5. The molecule has 2 heterocycles. The maximum absolute atomic E-state index is 13.5. The number of nitrogens with one attached hydrogen (secondary N) is 1. The first-order valence-electron chi connectivity index (χ1n) is 12.8. The first kappa shape index (κ1) is 20.7. The number of carbonyl (C=O) groups is 2. The van der Waals surface area contributed by atoms with Crippen LogP contribution in [0.15, 0.2) is 0 Å². The van der Waals surface area contributed by atoms with Gasteiger partial charge >= 0.3 is 0 Å². The monoisotopic (exact) mass is 416 g/mol. The van der Waals surface area contributed by atoms with Crippen molar-refractivity contribution >= 4 is 11.8 Å². The fourth-order valence-electron chi connectivity index (χ4n) is 6.04. The minimum Gasteiger partial charge on any atom is -0.340 e. The average Bonchev–Trinajstić information content (AvgIpc) is 3.66.